The lowest BCUT2D eigenvalue weighted by molar-refractivity contribution is -0.138. The molecule has 0 aromatic heterocycles. The molecule has 7 heteroatoms. The van der Waals surface area contributed by atoms with Crippen LogP contribution < -0.4 is 4.31 Å². The van der Waals surface area contributed by atoms with Crippen LogP contribution in [0.2, 0.25) is 5.02 Å². The molecule has 0 N–H and O–H groups in total. The molecule has 0 unspecified atom stereocenters. The first-order valence-corrected chi connectivity index (χ1v) is 8.59. The molecule has 23 heavy (non-hydrogen) atoms. The molecule has 2 rings (SSSR count). The van der Waals surface area contributed by atoms with Crippen molar-refractivity contribution in [3.63, 3.8) is 0 Å². The van der Waals surface area contributed by atoms with Gasteiger partial charge in [-0.3, -0.25) is 9.10 Å². The Bertz CT molecular complexity index is 806. The number of halogens is 1. The molecule has 0 aliphatic rings. The number of aryl methyl sites for hydroxylation is 1. The maximum atomic E-state index is 12.9. The van der Waals surface area contributed by atoms with Crippen LogP contribution in [0.1, 0.15) is 5.56 Å². The molecule has 0 aliphatic carbocycles. The fourth-order valence-corrected chi connectivity index (χ4v) is 3.71. The molecule has 0 aliphatic heterocycles. The van der Waals surface area contributed by atoms with Gasteiger partial charge in [0.2, 0.25) is 0 Å². The first-order valence-electron chi connectivity index (χ1n) is 6.77. The second kappa shape index (κ2) is 7.02. The van der Waals surface area contributed by atoms with E-state index in [1.807, 2.05) is 0 Å². The molecule has 0 saturated heterocycles. The van der Waals surface area contributed by atoms with E-state index >= 15 is 0 Å². The summed E-state index contributed by atoms with van der Waals surface area (Å²) in [5, 5.41) is 0.378. The summed E-state index contributed by atoms with van der Waals surface area (Å²) in [6.45, 7) is 1.31. The smallest absolute Gasteiger partial charge is 0.326 e. The number of benzene rings is 2. The molecule has 5 nitrogen and oxygen atoms in total. The number of carbonyl (C=O) groups excluding carboxylic acids is 1. The van der Waals surface area contributed by atoms with Crippen molar-refractivity contribution >= 4 is 33.3 Å². The van der Waals surface area contributed by atoms with Gasteiger partial charge in [0, 0.05) is 5.02 Å². The summed E-state index contributed by atoms with van der Waals surface area (Å²) in [6, 6.07) is 12.8. The van der Waals surface area contributed by atoms with Gasteiger partial charge in [0.25, 0.3) is 10.0 Å². The van der Waals surface area contributed by atoms with Crippen molar-refractivity contribution in [2.45, 2.75) is 11.8 Å². The van der Waals surface area contributed by atoms with Crippen molar-refractivity contribution < 1.29 is 17.9 Å². The topological polar surface area (TPSA) is 63.7 Å². The van der Waals surface area contributed by atoms with Gasteiger partial charge >= 0.3 is 5.97 Å². The predicted octanol–water partition coefficient (Wildman–Crippen LogP) is 3.02. The molecule has 2 aromatic rings. The number of nitrogens with zero attached hydrogens (tertiary/aromatic N) is 1. The standard InChI is InChI=1S/C16H16ClNO4S/c1-12-8-9-13(17)10-15(12)18(11-16(19)22-2)23(20,21)14-6-4-3-5-7-14/h3-10H,11H2,1-2H3. The Morgan fingerprint density at radius 2 is 1.83 bits per heavy atom. The van der Waals surface area contributed by atoms with E-state index in [1.54, 1.807) is 37.3 Å². The van der Waals surface area contributed by atoms with Crippen LogP contribution >= 0.6 is 11.6 Å². The number of esters is 1. The van der Waals surface area contributed by atoms with Crippen molar-refractivity contribution in [2.24, 2.45) is 0 Å². The van der Waals surface area contributed by atoms with Gasteiger partial charge in [0.05, 0.1) is 17.7 Å². The van der Waals surface area contributed by atoms with Crippen LogP contribution in [-0.2, 0) is 19.6 Å². The zero-order chi connectivity index (χ0) is 17.0. The van der Waals surface area contributed by atoms with E-state index in [0.29, 0.717) is 16.3 Å². The maximum Gasteiger partial charge on any atom is 0.326 e. The third-order valence-electron chi connectivity index (χ3n) is 3.27. The van der Waals surface area contributed by atoms with E-state index in [0.717, 1.165) is 4.31 Å². The number of carbonyl (C=O) groups is 1. The van der Waals surface area contributed by atoms with Gasteiger partial charge in [-0.05, 0) is 36.8 Å². The highest BCUT2D eigenvalue weighted by Crippen LogP contribution is 2.29. The van der Waals surface area contributed by atoms with E-state index < -0.39 is 22.5 Å². The van der Waals surface area contributed by atoms with Gasteiger partial charge in [-0.15, -0.1) is 0 Å². The molecule has 0 heterocycles. The summed E-state index contributed by atoms with van der Waals surface area (Å²) in [5.74, 6) is -0.663. The normalized spacial score (nSPS) is 11.1. The Hall–Kier alpha value is -2.05. The first kappa shape index (κ1) is 17.3. The van der Waals surface area contributed by atoms with Crippen molar-refractivity contribution in [2.75, 3.05) is 18.0 Å². The SMILES string of the molecule is COC(=O)CN(c1cc(Cl)ccc1C)S(=O)(=O)c1ccccc1. The van der Waals surface area contributed by atoms with Gasteiger partial charge in [-0.1, -0.05) is 35.9 Å². The Balaban J connectivity index is 2.59. The third-order valence-corrected chi connectivity index (χ3v) is 5.28. The fourth-order valence-electron chi connectivity index (χ4n) is 2.05. The molecule has 0 amide bonds. The molecule has 2 aromatic carbocycles. The van der Waals surface area contributed by atoms with E-state index in [-0.39, 0.29) is 4.90 Å². The molecule has 0 radical (unpaired) electrons. The number of hydrogen-bond acceptors (Lipinski definition) is 4. The van der Waals surface area contributed by atoms with E-state index in [4.69, 9.17) is 11.6 Å². The predicted molar refractivity (Wildman–Crippen MR) is 89.2 cm³/mol. The quantitative estimate of drug-likeness (QED) is 0.775. The summed E-state index contributed by atoms with van der Waals surface area (Å²) in [5.41, 5.74) is 1.02. The number of rotatable bonds is 5. The maximum absolute atomic E-state index is 12.9. The number of methoxy groups -OCH3 is 1. The second-order valence-electron chi connectivity index (χ2n) is 4.83. The van der Waals surface area contributed by atoms with Gasteiger partial charge in [0.15, 0.2) is 0 Å². The molecule has 0 atom stereocenters. The van der Waals surface area contributed by atoms with Crippen LogP contribution in [0.15, 0.2) is 53.4 Å². The number of sulfonamides is 1. The van der Waals surface area contributed by atoms with Crippen LogP contribution in [-0.4, -0.2) is 28.0 Å². The van der Waals surface area contributed by atoms with Crippen LogP contribution in [0.3, 0.4) is 0 Å². The molecule has 122 valence electrons. The fraction of sp³-hybridized carbons (Fsp3) is 0.188. The van der Waals surface area contributed by atoms with Gasteiger partial charge in [0.1, 0.15) is 6.54 Å². The average Bonchev–Trinajstić information content (AvgIpc) is 2.55. The largest absolute Gasteiger partial charge is 0.468 e. The zero-order valence-corrected chi connectivity index (χ0v) is 14.3. The lowest BCUT2D eigenvalue weighted by Crippen LogP contribution is -2.36. The van der Waals surface area contributed by atoms with Crippen LogP contribution in [0.4, 0.5) is 5.69 Å². The van der Waals surface area contributed by atoms with Crippen LogP contribution in [0.25, 0.3) is 0 Å². The lowest BCUT2D eigenvalue weighted by Gasteiger charge is -2.25. The van der Waals surface area contributed by atoms with Crippen LogP contribution in [0, 0.1) is 6.92 Å². The number of hydrogen-bond donors (Lipinski definition) is 0. The molecule has 0 saturated carbocycles. The highest BCUT2D eigenvalue weighted by molar-refractivity contribution is 7.92. The number of ether oxygens (including phenoxy) is 1. The van der Waals surface area contributed by atoms with E-state index in [9.17, 15) is 13.2 Å². The highest BCUT2D eigenvalue weighted by atomic mass is 35.5. The van der Waals surface area contributed by atoms with Gasteiger partial charge in [-0.2, -0.15) is 0 Å². The van der Waals surface area contributed by atoms with E-state index in [1.165, 1.54) is 25.3 Å². The van der Waals surface area contributed by atoms with Crippen molar-refractivity contribution in [1.29, 1.82) is 0 Å². The van der Waals surface area contributed by atoms with Crippen molar-refractivity contribution in [3.05, 3.63) is 59.1 Å². The summed E-state index contributed by atoms with van der Waals surface area (Å²) in [7, 11) is -2.72. The summed E-state index contributed by atoms with van der Waals surface area (Å²) >= 11 is 5.99. The zero-order valence-electron chi connectivity index (χ0n) is 12.7. The molecular formula is C16H16ClNO4S. The Kier molecular flexibility index (Phi) is 5.28. The first-order chi connectivity index (χ1) is 10.9. The highest BCUT2D eigenvalue weighted by Gasteiger charge is 2.28. The summed E-state index contributed by atoms with van der Waals surface area (Å²) < 4.78 is 31.5. The van der Waals surface area contributed by atoms with Gasteiger partial charge in [-0.25, -0.2) is 8.42 Å². The minimum absolute atomic E-state index is 0.0864. The average molecular weight is 354 g/mol. The Labute approximate surface area is 140 Å². The molecule has 0 spiro atoms. The van der Waals surface area contributed by atoms with Crippen molar-refractivity contribution in [1.82, 2.24) is 0 Å². The number of anilines is 1. The monoisotopic (exact) mass is 353 g/mol. The summed E-state index contributed by atoms with van der Waals surface area (Å²) in [6.07, 6.45) is 0. The second-order valence-corrected chi connectivity index (χ2v) is 7.13. The third kappa shape index (κ3) is 3.83. The summed E-state index contributed by atoms with van der Waals surface area (Å²) in [4.78, 5) is 11.8. The Morgan fingerprint density at radius 3 is 2.43 bits per heavy atom. The minimum Gasteiger partial charge on any atom is -0.468 e. The van der Waals surface area contributed by atoms with E-state index in [2.05, 4.69) is 4.74 Å². The molecule has 0 bridgehead atoms. The van der Waals surface area contributed by atoms with Crippen molar-refractivity contribution in [3.8, 4) is 0 Å². The molecule has 0 fully saturated rings. The molecular weight excluding hydrogens is 338 g/mol. The Morgan fingerprint density at radius 1 is 1.17 bits per heavy atom. The minimum atomic E-state index is -3.92. The lowest BCUT2D eigenvalue weighted by atomic mass is 10.2. The van der Waals surface area contributed by atoms with Gasteiger partial charge < -0.3 is 4.74 Å². The van der Waals surface area contributed by atoms with Crippen LogP contribution in [0.5, 0.6) is 0 Å².